The Morgan fingerprint density at radius 2 is 1.56 bits per heavy atom. The molecular weight excluding hydrogens is 491 g/mol. The Labute approximate surface area is 199 Å². The fourth-order valence-corrected chi connectivity index (χ4v) is 6.82. The molecule has 0 saturated heterocycles. The lowest BCUT2D eigenvalue weighted by Gasteiger charge is -2.33. The smallest absolute Gasteiger partial charge is 0.264 e. The van der Waals surface area contributed by atoms with Gasteiger partial charge < -0.3 is 13.6 Å². The minimum Gasteiger partial charge on any atom is -0.750 e. The number of para-hydroxylation sites is 2. The third-order valence-electron chi connectivity index (χ3n) is 4.75. The van der Waals surface area contributed by atoms with Crippen molar-refractivity contribution in [2.45, 2.75) is 12.8 Å². The number of nitrogens with zero attached hydrogens (tertiary/aromatic N) is 1. The van der Waals surface area contributed by atoms with E-state index in [0.717, 1.165) is 32.3 Å². The third kappa shape index (κ3) is 6.83. The SMILES string of the molecule is CN1c2ccccc2C(=C(SCCCOS(=O)[O-])SCCCS(=O)(=O)O)c2ccccc21. The Morgan fingerprint density at radius 1 is 1.03 bits per heavy atom. The van der Waals surface area contributed by atoms with Gasteiger partial charge in [-0.15, -0.1) is 23.5 Å². The van der Waals surface area contributed by atoms with Crippen LogP contribution in [0, 0.1) is 0 Å². The first-order chi connectivity index (χ1) is 15.3. The highest BCUT2D eigenvalue weighted by Crippen LogP contribution is 2.49. The van der Waals surface area contributed by atoms with Crippen molar-refractivity contribution in [1.82, 2.24) is 0 Å². The number of rotatable bonds is 11. The number of hydrogen-bond acceptors (Lipinski definition) is 8. The summed E-state index contributed by atoms with van der Waals surface area (Å²) >= 11 is 0.620. The fraction of sp³-hybridized carbons (Fsp3) is 0.333. The van der Waals surface area contributed by atoms with E-state index >= 15 is 0 Å². The van der Waals surface area contributed by atoms with E-state index in [2.05, 4.69) is 33.3 Å². The highest BCUT2D eigenvalue weighted by atomic mass is 32.2. The molecule has 2 aromatic carbocycles. The van der Waals surface area contributed by atoms with Gasteiger partial charge in [0.25, 0.3) is 10.1 Å². The molecule has 0 aromatic heterocycles. The van der Waals surface area contributed by atoms with Crippen molar-refractivity contribution in [3.05, 3.63) is 63.9 Å². The quantitative estimate of drug-likeness (QED) is 0.265. The Hall–Kier alpha value is -1.34. The van der Waals surface area contributed by atoms with Gasteiger partial charge >= 0.3 is 0 Å². The van der Waals surface area contributed by atoms with E-state index in [9.17, 15) is 17.2 Å². The van der Waals surface area contributed by atoms with Crippen LogP contribution in [-0.4, -0.2) is 52.6 Å². The molecule has 11 heteroatoms. The predicted octanol–water partition coefficient (Wildman–Crippen LogP) is 4.43. The molecule has 0 fully saturated rings. The van der Waals surface area contributed by atoms with Crippen LogP contribution in [0.1, 0.15) is 24.0 Å². The maximum Gasteiger partial charge on any atom is 0.264 e. The summed E-state index contributed by atoms with van der Waals surface area (Å²) in [6.07, 6.45) is 0.868. The van der Waals surface area contributed by atoms with Crippen LogP contribution >= 0.6 is 23.5 Å². The molecule has 2 aromatic rings. The number of benzene rings is 2. The minimum absolute atomic E-state index is 0.106. The van der Waals surface area contributed by atoms with Gasteiger partial charge in [0.05, 0.1) is 23.7 Å². The average Bonchev–Trinajstić information content (AvgIpc) is 2.75. The topological polar surface area (TPSA) is 107 Å². The van der Waals surface area contributed by atoms with Crippen LogP contribution in [0.4, 0.5) is 11.4 Å². The van der Waals surface area contributed by atoms with E-state index in [1.54, 1.807) is 23.5 Å². The Kier molecular flexibility index (Phi) is 9.23. The molecule has 7 nitrogen and oxygen atoms in total. The van der Waals surface area contributed by atoms with Crippen LogP contribution in [-0.2, 0) is 25.7 Å². The van der Waals surface area contributed by atoms with Gasteiger partial charge in [0.1, 0.15) is 0 Å². The molecule has 0 spiro atoms. The van der Waals surface area contributed by atoms with Gasteiger partial charge in [-0.3, -0.25) is 4.55 Å². The van der Waals surface area contributed by atoms with Crippen LogP contribution in [0.5, 0.6) is 0 Å². The first-order valence-electron chi connectivity index (χ1n) is 9.88. The van der Waals surface area contributed by atoms with E-state index in [1.165, 1.54) is 0 Å². The highest BCUT2D eigenvalue weighted by Gasteiger charge is 2.26. The maximum atomic E-state index is 11.1. The molecule has 174 valence electrons. The van der Waals surface area contributed by atoms with Gasteiger partial charge in [0, 0.05) is 45.1 Å². The molecule has 0 bridgehead atoms. The fourth-order valence-electron chi connectivity index (χ4n) is 3.39. The molecule has 1 heterocycles. The summed E-state index contributed by atoms with van der Waals surface area (Å²) in [5, 5.41) is 0. The molecular formula is C21H24NO6S4-. The van der Waals surface area contributed by atoms with Gasteiger partial charge in [0.15, 0.2) is 0 Å². The molecule has 1 N–H and O–H groups in total. The van der Waals surface area contributed by atoms with Crippen molar-refractivity contribution in [1.29, 1.82) is 0 Å². The Bertz CT molecular complexity index is 1050. The van der Waals surface area contributed by atoms with Crippen LogP contribution in [0.25, 0.3) is 5.57 Å². The van der Waals surface area contributed by atoms with E-state index in [1.807, 2.05) is 31.3 Å². The summed E-state index contributed by atoms with van der Waals surface area (Å²) in [5.41, 5.74) is 5.38. The van der Waals surface area contributed by atoms with E-state index in [0.29, 0.717) is 24.3 Å². The monoisotopic (exact) mass is 514 g/mol. The van der Waals surface area contributed by atoms with Gasteiger partial charge in [-0.1, -0.05) is 36.4 Å². The van der Waals surface area contributed by atoms with Crippen molar-refractivity contribution in [3.8, 4) is 0 Å². The van der Waals surface area contributed by atoms with Crippen LogP contribution in [0.2, 0.25) is 0 Å². The van der Waals surface area contributed by atoms with Crippen molar-refractivity contribution in [3.63, 3.8) is 0 Å². The summed E-state index contributed by atoms with van der Waals surface area (Å²) in [6, 6.07) is 16.2. The van der Waals surface area contributed by atoms with Crippen LogP contribution in [0.3, 0.4) is 0 Å². The van der Waals surface area contributed by atoms with Crippen LogP contribution < -0.4 is 4.90 Å². The zero-order chi connectivity index (χ0) is 23.1. The second-order valence-corrected chi connectivity index (χ2v) is 11.7. The summed E-state index contributed by atoms with van der Waals surface area (Å²) in [4.78, 5) is 2.15. The molecule has 1 unspecified atom stereocenters. The minimum atomic E-state index is -4.00. The third-order valence-corrected chi connectivity index (χ3v) is 8.54. The van der Waals surface area contributed by atoms with Gasteiger partial charge in [-0.2, -0.15) is 8.42 Å². The standard InChI is InChI=1S/C21H25NO6S4/c1-22-18-10-4-2-8-16(18)20(17-9-3-5-11-19(17)22)21(29-13-6-12-28-31(23)24)30-14-7-15-32(25,26)27/h2-5,8-11H,6-7,12-15H2,1H3,(H,23,24)(H,25,26,27)/p-1. The number of thioether (sulfide) groups is 2. The molecule has 1 atom stereocenters. The predicted molar refractivity (Wildman–Crippen MR) is 132 cm³/mol. The van der Waals surface area contributed by atoms with Gasteiger partial charge in [-0.05, 0) is 30.7 Å². The number of hydrogen-bond donors (Lipinski definition) is 1. The largest absolute Gasteiger partial charge is 0.750 e. The lowest BCUT2D eigenvalue weighted by atomic mass is 9.92. The first-order valence-corrected chi connectivity index (χ1v) is 14.5. The zero-order valence-electron chi connectivity index (χ0n) is 17.4. The summed E-state index contributed by atoms with van der Waals surface area (Å²) in [5.74, 6) is 0.876. The average molecular weight is 515 g/mol. The second kappa shape index (κ2) is 11.7. The normalized spacial score (nSPS) is 14.1. The summed E-state index contributed by atoms with van der Waals surface area (Å²) < 4.78 is 58.1. The Balaban J connectivity index is 1.94. The molecule has 0 radical (unpaired) electrons. The molecule has 0 saturated carbocycles. The van der Waals surface area contributed by atoms with Gasteiger partial charge in [-0.25, -0.2) is 4.21 Å². The lowest BCUT2D eigenvalue weighted by molar-refractivity contribution is 0.301. The molecule has 1 aliphatic rings. The zero-order valence-corrected chi connectivity index (χ0v) is 20.7. The van der Waals surface area contributed by atoms with Gasteiger partial charge in [0.2, 0.25) is 0 Å². The van der Waals surface area contributed by atoms with Crippen LogP contribution in [0.15, 0.2) is 52.8 Å². The van der Waals surface area contributed by atoms with Crippen molar-refractivity contribution in [2.75, 3.05) is 35.8 Å². The summed E-state index contributed by atoms with van der Waals surface area (Å²) in [7, 11) is -1.97. The lowest BCUT2D eigenvalue weighted by Crippen LogP contribution is -2.18. The van der Waals surface area contributed by atoms with E-state index in [4.69, 9.17) is 4.55 Å². The molecule has 0 aliphatic carbocycles. The summed E-state index contributed by atoms with van der Waals surface area (Å²) in [6.45, 7) is 0.106. The molecule has 32 heavy (non-hydrogen) atoms. The maximum absolute atomic E-state index is 11.1. The Morgan fingerprint density at radius 3 is 2.09 bits per heavy atom. The van der Waals surface area contributed by atoms with E-state index in [-0.39, 0.29) is 12.4 Å². The van der Waals surface area contributed by atoms with Crippen molar-refractivity contribution in [2.24, 2.45) is 0 Å². The van der Waals surface area contributed by atoms with Crippen molar-refractivity contribution >= 4 is 62.0 Å². The molecule has 1 aliphatic heterocycles. The second-order valence-electron chi connectivity index (χ2n) is 6.97. The van der Waals surface area contributed by atoms with E-state index < -0.39 is 21.5 Å². The molecule has 0 amide bonds. The highest BCUT2D eigenvalue weighted by molar-refractivity contribution is 8.22. The van der Waals surface area contributed by atoms with Crippen molar-refractivity contribution < 1.29 is 25.9 Å². The molecule has 3 rings (SSSR count). The first kappa shape index (κ1) is 25.3. The number of fused-ring (bicyclic) bond motifs is 2. The number of anilines is 2.